The van der Waals surface area contributed by atoms with Gasteiger partial charge in [-0.3, -0.25) is 14.4 Å². The monoisotopic (exact) mass is 231 g/mol. The minimum atomic E-state index is -0.569. The summed E-state index contributed by atoms with van der Waals surface area (Å²) in [6.45, 7) is 0.393. The van der Waals surface area contributed by atoms with Crippen LogP contribution in [0, 0.1) is 0 Å². The van der Waals surface area contributed by atoms with Gasteiger partial charge in [0.25, 0.3) is 0 Å². The molecule has 1 aliphatic rings. The van der Waals surface area contributed by atoms with Crippen molar-refractivity contribution in [1.82, 2.24) is 4.90 Å². The fraction of sp³-hybridized carbons (Fsp3) is 0.308. The molecule has 4 heteroatoms. The van der Waals surface area contributed by atoms with E-state index in [0.717, 1.165) is 5.56 Å². The second kappa shape index (κ2) is 4.91. The first-order valence-corrected chi connectivity index (χ1v) is 5.55. The van der Waals surface area contributed by atoms with Gasteiger partial charge in [0.2, 0.25) is 11.7 Å². The van der Waals surface area contributed by atoms with Gasteiger partial charge in [0.1, 0.15) is 0 Å². The summed E-state index contributed by atoms with van der Waals surface area (Å²) in [5.41, 5.74) is 0.964. The second-order valence-electron chi connectivity index (χ2n) is 4.08. The molecule has 0 bridgehead atoms. The van der Waals surface area contributed by atoms with Crippen LogP contribution in [0.1, 0.15) is 18.4 Å². The molecular weight excluding hydrogens is 218 g/mol. The van der Waals surface area contributed by atoms with E-state index in [-0.39, 0.29) is 5.91 Å². The molecule has 17 heavy (non-hydrogen) atoms. The number of aldehydes is 1. The standard InChI is InChI=1S/C13H13NO3/c15-9-12(16)11-6-7-13(17)14(11)8-10-4-2-1-3-5-10/h1-5,9,11H,6-8H2/t11-/m0/s1. The van der Waals surface area contributed by atoms with Crippen molar-refractivity contribution in [3.05, 3.63) is 35.9 Å². The molecule has 88 valence electrons. The smallest absolute Gasteiger partial charge is 0.223 e. The number of carbonyl (C=O) groups excluding carboxylic acids is 3. The Hall–Kier alpha value is -1.97. The molecule has 1 aliphatic heterocycles. The maximum Gasteiger partial charge on any atom is 0.223 e. The summed E-state index contributed by atoms with van der Waals surface area (Å²) < 4.78 is 0. The Morgan fingerprint density at radius 3 is 2.71 bits per heavy atom. The zero-order valence-corrected chi connectivity index (χ0v) is 9.33. The zero-order chi connectivity index (χ0) is 12.3. The topological polar surface area (TPSA) is 54.5 Å². The van der Waals surface area contributed by atoms with Crippen LogP contribution in [0.5, 0.6) is 0 Å². The first kappa shape index (κ1) is 11.5. The molecule has 0 aromatic heterocycles. The fourth-order valence-electron chi connectivity index (χ4n) is 2.09. The third-order valence-electron chi connectivity index (χ3n) is 2.97. The number of ketones is 1. The Bertz CT molecular complexity index is 441. The summed E-state index contributed by atoms with van der Waals surface area (Å²) in [6.07, 6.45) is 1.10. The minimum absolute atomic E-state index is 0.0611. The number of Topliss-reactive ketones (excluding diaryl/α,β-unsaturated/α-hetero) is 1. The number of rotatable bonds is 4. The Balaban J connectivity index is 2.15. The molecule has 1 aromatic carbocycles. The third kappa shape index (κ3) is 2.41. The maximum absolute atomic E-state index is 11.7. The van der Waals surface area contributed by atoms with Crippen molar-refractivity contribution in [2.45, 2.75) is 25.4 Å². The van der Waals surface area contributed by atoms with Gasteiger partial charge < -0.3 is 4.90 Å². The maximum atomic E-state index is 11.7. The quantitative estimate of drug-likeness (QED) is 0.572. The molecule has 0 unspecified atom stereocenters. The minimum Gasteiger partial charge on any atom is -0.328 e. The molecule has 1 amide bonds. The first-order valence-electron chi connectivity index (χ1n) is 5.55. The average molecular weight is 231 g/mol. The highest BCUT2D eigenvalue weighted by Gasteiger charge is 2.35. The van der Waals surface area contributed by atoms with Crippen molar-refractivity contribution < 1.29 is 14.4 Å². The molecule has 1 heterocycles. The van der Waals surface area contributed by atoms with E-state index in [0.29, 0.717) is 25.7 Å². The van der Waals surface area contributed by atoms with Gasteiger partial charge in [-0.15, -0.1) is 0 Å². The van der Waals surface area contributed by atoms with Gasteiger partial charge in [0, 0.05) is 13.0 Å². The number of amides is 1. The zero-order valence-electron chi connectivity index (χ0n) is 9.33. The van der Waals surface area contributed by atoms with E-state index >= 15 is 0 Å². The molecule has 0 aliphatic carbocycles. The summed E-state index contributed by atoms with van der Waals surface area (Å²) in [5.74, 6) is -0.569. The second-order valence-corrected chi connectivity index (χ2v) is 4.08. The average Bonchev–Trinajstić information content (AvgIpc) is 2.72. The largest absolute Gasteiger partial charge is 0.328 e. The number of carbonyl (C=O) groups is 3. The first-order chi connectivity index (χ1) is 8.22. The van der Waals surface area contributed by atoms with Crippen molar-refractivity contribution >= 4 is 18.0 Å². The number of likely N-dealkylation sites (tertiary alicyclic amines) is 1. The predicted molar refractivity (Wildman–Crippen MR) is 61.1 cm³/mol. The lowest BCUT2D eigenvalue weighted by Gasteiger charge is -2.22. The molecule has 1 aromatic rings. The Labute approximate surface area is 99.2 Å². The molecule has 0 radical (unpaired) electrons. The Kier molecular flexibility index (Phi) is 3.32. The summed E-state index contributed by atoms with van der Waals surface area (Å²) in [5, 5.41) is 0. The van der Waals surface area contributed by atoms with Crippen molar-refractivity contribution in [3.8, 4) is 0 Å². The third-order valence-corrected chi connectivity index (χ3v) is 2.97. The highest BCUT2D eigenvalue weighted by Crippen LogP contribution is 2.21. The molecule has 2 rings (SSSR count). The number of hydrogen-bond donors (Lipinski definition) is 0. The van der Waals surface area contributed by atoms with Crippen LogP contribution in [0.15, 0.2) is 30.3 Å². The normalized spacial score (nSPS) is 19.4. The Morgan fingerprint density at radius 2 is 2.06 bits per heavy atom. The van der Waals surface area contributed by atoms with E-state index in [9.17, 15) is 14.4 Å². The van der Waals surface area contributed by atoms with Crippen LogP contribution in [0.4, 0.5) is 0 Å². The van der Waals surface area contributed by atoms with Crippen LogP contribution >= 0.6 is 0 Å². The lowest BCUT2D eigenvalue weighted by molar-refractivity contribution is -0.137. The lowest BCUT2D eigenvalue weighted by Crippen LogP contribution is -2.38. The van der Waals surface area contributed by atoms with Crippen LogP contribution in [0.3, 0.4) is 0 Å². The van der Waals surface area contributed by atoms with Gasteiger partial charge >= 0.3 is 0 Å². The number of hydrogen-bond acceptors (Lipinski definition) is 3. The fourth-order valence-corrected chi connectivity index (χ4v) is 2.09. The van der Waals surface area contributed by atoms with E-state index in [1.165, 1.54) is 4.90 Å². The van der Waals surface area contributed by atoms with Crippen molar-refractivity contribution in [2.75, 3.05) is 0 Å². The molecule has 4 nitrogen and oxygen atoms in total. The van der Waals surface area contributed by atoms with Crippen molar-refractivity contribution in [3.63, 3.8) is 0 Å². The van der Waals surface area contributed by atoms with Crippen LogP contribution in [-0.2, 0) is 20.9 Å². The van der Waals surface area contributed by atoms with Crippen LogP contribution < -0.4 is 0 Å². The van der Waals surface area contributed by atoms with Gasteiger partial charge in [0.15, 0.2) is 6.29 Å². The van der Waals surface area contributed by atoms with E-state index in [4.69, 9.17) is 0 Å². The SMILES string of the molecule is O=CC(=O)[C@@H]1CCC(=O)N1Cc1ccccc1. The highest BCUT2D eigenvalue weighted by molar-refractivity contribution is 6.28. The summed E-state index contributed by atoms with van der Waals surface area (Å²) >= 11 is 0. The molecule has 1 atom stereocenters. The molecular formula is C13H13NO3. The highest BCUT2D eigenvalue weighted by atomic mass is 16.2. The van der Waals surface area contributed by atoms with Gasteiger partial charge in [-0.25, -0.2) is 0 Å². The summed E-state index contributed by atoms with van der Waals surface area (Å²) in [6, 6.07) is 8.88. The van der Waals surface area contributed by atoms with Crippen LogP contribution in [0.2, 0.25) is 0 Å². The molecule has 1 saturated heterocycles. The molecule has 0 spiro atoms. The van der Waals surface area contributed by atoms with E-state index in [1.54, 1.807) is 0 Å². The van der Waals surface area contributed by atoms with Gasteiger partial charge in [-0.05, 0) is 12.0 Å². The van der Waals surface area contributed by atoms with Gasteiger partial charge in [0.05, 0.1) is 6.04 Å². The molecule has 1 fully saturated rings. The van der Waals surface area contributed by atoms with Crippen molar-refractivity contribution in [2.24, 2.45) is 0 Å². The number of nitrogens with zero attached hydrogens (tertiary/aromatic N) is 1. The van der Waals surface area contributed by atoms with E-state index < -0.39 is 11.8 Å². The van der Waals surface area contributed by atoms with Gasteiger partial charge in [-0.1, -0.05) is 30.3 Å². The molecule has 0 N–H and O–H groups in total. The van der Waals surface area contributed by atoms with Gasteiger partial charge in [-0.2, -0.15) is 0 Å². The summed E-state index contributed by atoms with van der Waals surface area (Å²) in [4.78, 5) is 35.1. The predicted octanol–water partition coefficient (Wildman–Crippen LogP) is 0.946. The van der Waals surface area contributed by atoms with Crippen LogP contribution in [-0.4, -0.2) is 28.9 Å². The van der Waals surface area contributed by atoms with Crippen molar-refractivity contribution in [1.29, 1.82) is 0 Å². The van der Waals surface area contributed by atoms with Crippen LogP contribution in [0.25, 0.3) is 0 Å². The molecule has 0 saturated carbocycles. The number of benzene rings is 1. The van der Waals surface area contributed by atoms with E-state index in [2.05, 4.69) is 0 Å². The summed E-state index contributed by atoms with van der Waals surface area (Å²) in [7, 11) is 0. The Morgan fingerprint density at radius 1 is 1.35 bits per heavy atom. The van der Waals surface area contributed by atoms with E-state index in [1.807, 2.05) is 30.3 Å². The lowest BCUT2D eigenvalue weighted by atomic mass is 10.1.